The van der Waals surface area contributed by atoms with Gasteiger partial charge in [-0.3, -0.25) is 0 Å². The molecule has 1 aromatic rings. The SMILES string of the molecule is CCC(CN)CCN(C)Cc1cccc(Cl)c1. The summed E-state index contributed by atoms with van der Waals surface area (Å²) in [5, 5.41) is 0.810. The first-order valence-corrected chi connectivity index (χ1v) is 6.66. The average Bonchev–Trinajstić information content (AvgIpc) is 2.30. The van der Waals surface area contributed by atoms with Gasteiger partial charge in [0.2, 0.25) is 0 Å². The second kappa shape index (κ2) is 7.70. The van der Waals surface area contributed by atoms with Crippen LogP contribution in [0.15, 0.2) is 24.3 Å². The second-order valence-corrected chi connectivity index (χ2v) is 5.10. The zero-order chi connectivity index (χ0) is 12.7. The molecule has 0 aromatic heterocycles. The highest BCUT2D eigenvalue weighted by molar-refractivity contribution is 6.30. The van der Waals surface area contributed by atoms with Crippen LogP contribution >= 0.6 is 11.6 Å². The molecule has 3 heteroatoms. The van der Waals surface area contributed by atoms with E-state index in [2.05, 4.69) is 24.9 Å². The number of halogens is 1. The number of nitrogens with zero attached hydrogens (tertiary/aromatic N) is 1. The summed E-state index contributed by atoms with van der Waals surface area (Å²) in [6.45, 7) is 5.03. The molecule has 0 radical (unpaired) electrons. The molecule has 1 aromatic carbocycles. The van der Waals surface area contributed by atoms with Crippen LogP contribution in [0.3, 0.4) is 0 Å². The van der Waals surface area contributed by atoms with Crippen molar-refractivity contribution in [2.24, 2.45) is 11.7 Å². The Morgan fingerprint density at radius 1 is 1.41 bits per heavy atom. The Bertz CT molecular complexity index is 324. The summed E-state index contributed by atoms with van der Waals surface area (Å²) in [5.74, 6) is 0.650. The van der Waals surface area contributed by atoms with Crippen LogP contribution in [-0.4, -0.2) is 25.0 Å². The van der Waals surface area contributed by atoms with Crippen LogP contribution in [0.5, 0.6) is 0 Å². The van der Waals surface area contributed by atoms with Gasteiger partial charge in [-0.05, 0) is 50.2 Å². The van der Waals surface area contributed by atoms with Crippen molar-refractivity contribution in [3.8, 4) is 0 Å². The summed E-state index contributed by atoms with van der Waals surface area (Å²) in [6, 6.07) is 8.05. The molecule has 1 atom stereocenters. The molecule has 0 bridgehead atoms. The topological polar surface area (TPSA) is 29.3 Å². The largest absolute Gasteiger partial charge is 0.330 e. The van der Waals surface area contributed by atoms with Crippen molar-refractivity contribution in [3.63, 3.8) is 0 Å². The fourth-order valence-electron chi connectivity index (χ4n) is 1.92. The maximum atomic E-state index is 5.97. The van der Waals surface area contributed by atoms with E-state index in [4.69, 9.17) is 17.3 Å². The summed E-state index contributed by atoms with van der Waals surface area (Å²) in [5.41, 5.74) is 6.97. The maximum Gasteiger partial charge on any atom is 0.0409 e. The van der Waals surface area contributed by atoms with Crippen LogP contribution in [0.1, 0.15) is 25.3 Å². The fourth-order valence-corrected chi connectivity index (χ4v) is 2.13. The number of rotatable bonds is 7. The highest BCUT2D eigenvalue weighted by atomic mass is 35.5. The van der Waals surface area contributed by atoms with Gasteiger partial charge in [0.25, 0.3) is 0 Å². The molecule has 0 heterocycles. The van der Waals surface area contributed by atoms with E-state index in [1.807, 2.05) is 18.2 Å². The zero-order valence-corrected chi connectivity index (χ0v) is 11.6. The Morgan fingerprint density at radius 2 is 2.18 bits per heavy atom. The van der Waals surface area contributed by atoms with Crippen LogP contribution in [0.2, 0.25) is 5.02 Å². The lowest BCUT2D eigenvalue weighted by Crippen LogP contribution is -2.24. The van der Waals surface area contributed by atoms with Crippen molar-refractivity contribution in [3.05, 3.63) is 34.9 Å². The van der Waals surface area contributed by atoms with Gasteiger partial charge in [0.1, 0.15) is 0 Å². The first-order valence-electron chi connectivity index (χ1n) is 6.28. The van der Waals surface area contributed by atoms with Crippen LogP contribution in [0.25, 0.3) is 0 Å². The van der Waals surface area contributed by atoms with E-state index in [9.17, 15) is 0 Å². The van der Waals surface area contributed by atoms with Crippen molar-refractivity contribution < 1.29 is 0 Å². The second-order valence-electron chi connectivity index (χ2n) is 4.67. The highest BCUT2D eigenvalue weighted by Crippen LogP contribution is 2.13. The van der Waals surface area contributed by atoms with E-state index >= 15 is 0 Å². The lowest BCUT2D eigenvalue weighted by atomic mass is 10.0. The molecular formula is C14H23ClN2. The Hall–Kier alpha value is -0.570. The smallest absolute Gasteiger partial charge is 0.0409 e. The summed E-state index contributed by atoms with van der Waals surface area (Å²) < 4.78 is 0. The maximum absolute atomic E-state index is 5.97. The van der Waals surface area contributed by atoms with E-state index in [-0.39, 0.29) is 0 Å². The van der Waals surface area contributed by atoms with Gasteiger partial charge in [-0.15, -0.1) is 0 Å². The predicted octanol–water partition coefficient (Wildman–Crippen LogP) is 3.15. The third-order valence-corrected chi connectivity index (χ3v) is 3.41. The lowest BCUT2D eigenvalue weighted by Gasteiger charge is -2.20. The molecule has 0 saturated heterocycles. The van der Waals surface area contributed by atoms with E-state index < -0.39 is 0 Å². The molecule has 96 valence electrons. The molecular weight excluding hydrogens is 232 g/mol. The molecule has 1 rings (SSSR count). The van der Waals surface area contributed by atoms with Crippen molar-refractivity contribution in [1.29, 1.82) is 0 Å². The predicted molar refractivity (Wildman–Crippen MR) is 75.2 cm³/mol. The van der Waals surface area contributed by atoms with Gasteiger partial charge in [-0.25, -0.2) is 0 Å². The van der Waals surface area contributed by atoms with Gasteiger partial charge in [0.05, 0.1) is 0 Å². The molecule has 0 fully saturated rings. The third kappa shape index (κ3) is 5.53. The van der Waals surface area contributed by atoms with Gasteiger partial charge in [-0.2, -0.15) is 0 Å². The van der Waals surface area contributed by atoms with Crippen LogP contribution in [0.4, 0.5) is 0 Å². The molecule has 0 saturated carbocycles. The van der Waals surface area contributed by atoms with Gasteiger partial charge in [0.15, 0.2) is 0 Å². The first-order chi connectivity index (χ1) is 8.15. The van der Waals surface area contributed by atoms with Crippen LogP contribution in [-0.2, 0) is 6.54 Å². The van der Waals surface area contributed by atoms with E-state index in [1.54, 1.807) is 0 Å². The molecule has 0 spiro atoms. The summed E-state index contributed by atoms with van der Waals surface area (Å²) in [6.07, 6.45) is 2.34. The standard InChI is InChI=1S/C14H23ClN2/c1-3-12(10-16)7-8-17(2)11-13-5-4-6-14(15)9-13/h4-6,9,12H,3,7-8,10-11,16H2,1-2H3. The minimum atomic E-state index is 0.650. The lowest BCUT2D eigenvalue weighted by molar-refractivity contribution is 0.292. The molecule has 17 heavy (non-hydrogen) atoms. The van der Waals surface area contributed by atoms with Gasteiger partial charge < -0.3 is 10.6 Å². The number of hydrogen-bond donors (Lipinski definition) is 1. The molecule has 2 N–H and O–H groups in total. The van der Waals surface area contributed by atoms with E-state index in [0.717, 1.165) is 24.7 Å². The number of nitrogens with two attached hydrogens (primary N) is 1. The minimum absolute atomic E-state index is 0.650. The molecule has 0 aliphatic rings. The highest BCUT2D eigenvalue weighted by Gasteiger charge is 2.06. The quantitative estimate of drug-likeness (QED) is 0.810. The Balaban J connectivity index is 2.36. The van der Waals surface area contributed by atoms with Crippen molar-refractivity contribution >= 4 is 11.6 Å². The summed E-state index contributed by atoms with van der Waals surface area (Å²) >= 11 is 5.97. The van der Waals surface area contributed by atoms with Crippen molar-refractivity contribution in [1.82, 2.24) is 4.90 Å². The minimum Gasteiger partial charge on any atom is -0.330 e. The number of hydrogen-bond acceptors (Lipinski definition) is 2. The molecule has 1 unspecified atom stereocenters. The van der Waals surface area contributed by atoms with Crippen molar-refractivity contribution in [2.75, 3.05) is 20.1 Å². The third-order valence-electron chi connectivity index (χ3n) is 3.17. The van der Waals surface area contributed by atoms with Gasteiger partial charge in [-0.1, -0.05) is 37.1 Å². The summed E-state index contributed by atoms with van der Waals surface area (Å²) in [7, 11) is 2.14. The molecule has 0 amide bonds. The van der Waals surface area contributed by atoms with E-state index in [0.29, 0.717) is 5.92 Å². The van der Waals surface area contributed by atoms with Crippen LogP contribution in [0, 0.1) is 5.92 Å². The molecule has 0 aliphatic carbocycles. The fraction of sp³-hybridized carbons (Fsp3) is 0.571. The number of benzene rings is 1. The summed E-state index contributed by atoms with van der Waals surface area (Å²) in [4.78, 5) is 2.32. The Morgan fingerprint density at radius 3 is 2.76 bits per heavy atom. The molecule has 2 nitrogen and oxygen atoms in total. The zero-order valence-electron chi connectivity index (χ0n) is 10.8. The van der Waals surface area contributed by atoms with Gasteiger partial charge >= 0.3 is 0 Å². The van der Waals surface area contributed by atoms with Crippen molar-refractivity contribution in [2.45, 2.75) is 26.3 Å². The van der Waals surface area contributed by atoms with Gasteiger partial charge in [0, 0.05) is 11.6 Å². The molecule has 0 aliphatic heterocycles. The Labute approximate surface area is 110 Å². The normalized spacial score (nSPS) is 13.0. The average molecular weight is 255 g/mol. The first kappa shape index (κ1) is 14.5. The monoisotopic (exact) mass is 254 g/mol. The Kier molecular flexibility index (Phi) is 6.56. The van der Waals surface area contributed by atoms with E-state index in [1.165, 1.54) is 18.4 Å². The van der Waals surface area contributed by atoms with Crippen LogP contribution < -0.4 is 5.73 Å².